The van der Waals surface area contributed by atoms with Gasteiger partial charge in [-0.1, -0.05) is 88.0 Å². The molecule has 1 heterocycles. The van der Waals surface area contributed by atoms with Crippen LogP contribution in [0.4, 0.5) is 0 Å². The average Bonchev–Trinajstić information content (AvgIpc) is 3.38. The van der Waals surface area contributed by atoms with Crippen molar-refractivity contribution in [2.75, 3.05) is 0 Å². The number of carboxylic acid groups (broad SMARTS) is 1. The Labute approximate surface area is 158 Å². The Morgan fingerprint density at radius 1 is 0.923 bits per heavy atom. The van der Waals surface area contributed by atoms with Crippen LogP contribution in [0.25, 0.3) is 0 Å². The number of hydrogen-bond acceptors (Lipinski definition) is 3. The van der Waals surface area contributed by atoms with Crippen LogP contribution in [-0.2, 0) is 9.53 Å². The summed E-state index contributed by atoms with van der Waals surface area (Å²) >= 11 is 0. The SMILES string of the molecule is CCC1OC1CCCCCCCCC(O)C=CC=CC=CC=CC(=O)O. The number of aliphatic hydroxyl groups is 1. The number of aliphatic carboxylic acids is 1. The fourth-order valence-electron chi connectivity index (χ4n) is 2.88. The van der Waals surface area contributed by atoms with Crippen molar-refractivity contribution in [3.05, 3.63) is 48.6 Å². The van der Waals surface area contributed by atoms with E-state index in [4.69, 9.17) is 9.84 Å². The van der Waals surface area contributed by atoms with Gasteiger partial charge in [-0.2, -0.15) is 0 Å². The highest BCUT2D eigenvalue weighted by Gasteiger charge is 2.35. The molecule has 1 rings (SSSR count). The number of hydrogen-bond donors (Lipinski definition) is 2. The van der Waals surface area contributed by atoms with Crippen LogP contribution in [0.3, 0.4) is 0 Å². The van der Waals surface area contributed by atoms with Gasteiger partial charge in [-0.3, -0.25) is 0 Å². The topological polar surface area (TPSA) is 70.1 Å². The van der Waals surface area contributed by atoms with Crippen molar-refractivity contribution < 1.29 is 19.7 Å². The predicted octanol–water partition coefficient (Wildman–Crippen LogP) is 4.95. The molecule has 0 amide bonds. The van der Waals surface area contributed by atoms with Gasteiger partial charge >= 0.3 is 5.97 Å². The van der Waals surface area contributed by atoms with E-state index in [9.17, 15) is 9.90 Å². The average molecular weight is 363 g/mol. The van der Waals surface area contributed by atoms with E-state index in [1.165, 1.54) is 44.6 Å². The second-order valence-corrected chi connectivity index (χ2v) is 6.74. The van der Waals surface area contributed by atoms with Gasteiger partial charge in [0.15, 0.2) is 0 Å². The summed E-state index contributed by atoms with van der Waals surface area (Å²) in [6.45, 7) is 2.18. The molecular weight excluding hydrogens is 328 g/mol. The highest BCUT2D eigenvalue weighted by atomic mass is 16.6. The molecule has 26 heavy (non-hydrogen) atoms. The lowest BCUT2D eigenvalue weighted by atomic mass is 10.0. The van der Waals surface area contributed by atoms with Crippen molar-refractivity contribution in [2.24, 2.45) is 0 Å². The van der Waals surface area contributed by atoms with Crippen molar-refractivity contribution in [1.29, 1.82) is 0 Å². The molecule has 0 bridgehead atoms. The molecule has 1 saturated heterocycles. The molecule has 0 aromatic heterocycles. The molecule has 1 aliphatic rings. The molecule has 0 aromatic rings. The van der Waals surface area contributed by atoms with E-state index in [1.54, 1.807) is 24.3 Å². The van der Waals surface area contributed by atoms with E-state index in [1.807, 2.05) is 12.2 Å². The Morgan fingerprint density at radius 2 is 1.54 bits per heavy atom. The molecule has 0 aliphatic carbocycles. The normalized spacial score (nSPS) is 21.5. The Hall–Kier alpha value is -1.65. The third kappa shape index (κ3) is 12.7. The second-order valence-electron chi connectivity index (χ2n) is 6.74. The molecule has 1 aliphatic heterocycles. The first-order chi connectivity index (χ1) is 12.6. The second kappa shape index (κ2) is 14.5. The highest BCUT2D eigenvalue weighted by molar-refractivity contribution is 5.80. The Balaban J connectivity index is 1.91. The van der Waals surface area contributed by atoms with Gasteiger partial charge in [0.2, 0.25) is 0 Å². The van der Waals surface area contributed by atoms with Crippen LogP contribution in [0.2, 0.25) is 0 Å². The van der Waals surface area contributed by atoms with Gasteiger partial charge in [0.25, 0.3) is 0 Å². The first kappa shape index (κ1) is 22.4. The number of epoxide rings is 1. The number of ether oxygens (including phenoxy) is 1. The van der Waals surface area contributed by atoms with Crippen LogP contribution in [0.1, 0.15) is 64.7 Å². The molecule has 0 spiro atoms. The number of carbonyl (C=O) groups is 1. The van der Waals surface area contributed by atoms with E-state index in [0.717, 1.165) is 25.3 Å². The van der Waals surface area contributed by atoms with E-state index >= 15 is 0 Å². The lowest BCUT2D eigenvalue weighted by Crippen LogP contribution is -2.01. The smallest absolute Gasteiger partial charge is 0.328 e. The largest absolute Gasteiger partial charge is 0.478 e. The molecule has 2 N–H and O–H groups in total. The standard InChI is InChI=1S/C22H34O4/c1-2-20-21(26-20)17-13-9-5-3-7-11-15-19(23)16-12-8-4-6-10-14-18-22(24)25/h4,6,8,10,12,14,16,18-21,23H,2-3,5,7,9,11,13,15,17H2,1H3,(H,24,25). The van der Waals surface area contributed by atoms with Gasteiger partial charge in [-0.25, -0.2) is 4.79 Å². The molecule has 3 unspecified atom stereocenters. The summed E-state index contributed by atoms with van der Waals surface area (Å²) in [5.41, 5.74) is 0. The summed E-state index contributed by atoms with van der Waals surface area (Å²) < 4.78 is 5.54. The third-order valence-corrected chi connectivity index (χ3v) is 4.46. The monoisotopic (exact) mass is 362 g/mol. The van der Waals surface area contributed by atoms with Gasteiger partial charge in [0.1, 0.15) is 0 Å². The summed E-state index contributed by atoms with van der Waals surface area (Å²) in [7, 11) is 0. The number of rotatable bonds is 15. The molecule has 0 saturated carbocycles. The lowest BCUT2D eigenvalue weighted by molar-refractivity contribution is -0.131. The van der Waals surface area contributed by atoms with Crippen LogP contribution in [0.15, 0.2) is 48.6 Å². The zero-order chi connectivity index (χ0) is 19.0. The summed E-state index contributed by atoms with van der Waals surface area (Å²) in [6.07, 6.45) is 24.4. The van der Waals surface area contributed by atoms with Gasteiger partial charge in [-0.05, 0) is 19.3 Å². The van der Waals surface area contributed by atoms with Crippen molar-refractivity contribution in [2.45, 2.75) is 83.0 Å². The van der Waals surface area contributed by atoms with Crippen LogP contribution in [0, 0.1) is 0 Å². The number of unbranched alkanes of at least 4 members (excludes halogenated alkanes) is 5. The molecule has 0 aromatic carbocycles. The van der Waals surface area contributed by atoms with Gasteiger partial charge < -0.3 is 14.9 Å². The highest BCUT2D eigenvalue weighted by Crippen LogP contribution is 2.29. The summed E-state index contributed by atoms with van der Waals surface area (Å²) in [5.74, 6) is -0.959. The van der Waals surface area contributed by atoms with Crippen LogP contribution in [-0.4, -0.2) is 34.5 Å². The first-order valence-electron chi connectivity index (χ1n) is 9.88. The van der Waals surface area contributed by atoms with Crippen LogP contribution >= 0.6 is 0 Å². The Kier molecular flexibility index (Phi) is 12.5. The summed E-state index contributed by atoms with van der Waals surface area (Å²) in [4.78, 5) is 10.2. The summed E-state index contributed by atoms with van der Waals surface area (Å²) in [5, 5.41) is 18.3. The van der Waals surface area contributed by atoms with Gasteiger partial charge in [0, 0.05) is 6.08 Å². The van der Waals surface area contributed by atoms with Crippen molar-refractivity contribution >= 4 is 5.97 Å². The fraction of sp³-hybridized carbons (Fsp3) is 0.591. The lowest BCUT2D eigenvalue weighted by Gasteiger charge is -2.05. The number of carboxylic acids is 1. The fourth-order valence-corrected chi connectivity index (χ4v) is 2.88. The van der Waals surface area contributed by atoms with Crippen molar-refractivity contribution in [3.63, 3.8) is 0 Å². The molecule has 4 heteroatoms. The molecular formula is C22H34O4. The maximum absolute atomic E-state index is 10.2. The maximum Gasteiger partial charge on any atom is 0.328 e. The van der Waals surface area contributed by atoms with Gasteiger partial charge in [0.05, 0.1) is 18.3 Å². The molecule has 146 valence electrons. The van der Waals surface area contributed by atoms with E-state index in [2.05, 4.69) is 6.92 Å². The minimum Gasteiger partial charge on any atom is -0.478 e. The third-order valence-electron chi connectivity index (χ3n) is 4.46. The Bertz CT molecular complexity index is 490. The van der Waals surface area contributed by atoms with E-state index < -0.39 is 12.1 Å². The zero-order valence-corrected chi connectivity index (χ0v) is 15.9. The van der Waals surface area contributed by atoms with E-state index in [-0.39, 0.29) is 0 Å². The summed E-state index contributed by atoms with van der Waals surface area (Å²) in [6, 6.07) is 0. The maximum atomic E-state index is 10.2. The number of aliphatic hydroxyl groups excluding tert-OH is 1. The molecule has 1 fully saturated rings. The minimum absolute atomic E-state index is 0.395. The molecule has 3 atom stereocenters. The minimum atomic E-state index is -0.959. The van der Waals surface area contributed by atoms with Crippen LogP contribution < -0.4 is 0 Å². The number of allylic oxidation sites excluding steroid dienone is 6. The predicted molar refractivity (Wildman–Crippen MR) is 106 cm³/mol. The zero-order valence-electron chi connectivity index (χ0n) is 15.9. The quantitative estimate of drug-likeness (QED) is 0.187. The van der Waals surface area contributed by atoms with Crippen molar-refractivity contribution in [1.82, 2.24) is 0 Å². The Morgan fingerprint density at radius 3 is 2.19 bits per heavy atom. The van der Waals surface area contributed by atoms with Crippen molar-refractivity contribution in [3.8, 4) is 0 Å². The van der Waals surface area contributed by atoms with Crippen LogP contribution in [0.5, 0.6) is 0 Å². The first-order valence-corrected chi connectivity index (χ1v) is 9.88. The molecule has 0 radical (unpaired) electrons. The van der Waals surface area contributed by atoms with Gasteiger partial charge in [-0.15, -0.1) is 0 Å². The molecule has 4 nitrogen and oxygen atoms in total. The van der Waals surface area contributed by atoms with E-state index in [0.29, 0.717) is 12.2 Å².